The minimum Gasteiger partial charge on any atom is -0.317 e. The fourth-order valence-electron chi connectivity index (χ4n) is 2.01. The van der Waals surface area contributed by atoms with Crippen LogP contribution in [0.1, 0.15) is 12.1 Å². The van der Waals surface area contributed by atoms with E-state index >= 15 is 0 Å². The van der Waals surface area contributed by atoms with Gasteiger partial charge in [0.15, 0.2) is 0 Å². The normalized spacial score (nSPS) is 24.1. The van der Waals surface area contributed by atoms with Crippen molar-refractivity contribution in [2.24, 2.45) is 10.7 Å². The van der Waals surface area contributed by atoms with Gasteiger partial charge in [0, 0.05) is 24.2 Å². The topological polar surface area (TPSA) is 67.1 Å². The average Bonchev–Trinajstić information content (AvgIpc) is 2.74. The monoisotopic (exact) mass is 212 g/mol. The van der Waals surface area contributed by atoms with Crippen molar-refractivity contribution in [1.82, 2.24) is 10.2 Å². The third kappa shape index (κ3) is 1.27. The Labute approximate surface area is 92.9 Å². The Bertz CT molecular complexity index is 581. The maximum atomic E-state index is 6.34. The van der Waals surface area contributed by atoms with Crippen molar-refractivity contribution in [2.75, 3.05) is 0 Å². The fraction of sp³-hybridized carbons (Fsp3) is 0.167. The third-order valence-corrected chi connectivity index (χ3v) is 2.92. The molecule has 0 aliphatic carbocycles. The number of aliphatic imine (C=N–C) groups is 1. The lowest BCUT2D eigenvalue weighted by atomic mass is 9.89. The molecule has 1 aromatic carbocycles. The molecular weight excluding hydrogens is 200 g/mol. The van der Waals surface area contributed by atoms with E-state index in [0.29, 0.717) is 6.42 Å². The zero-order valence-corrected chi connectivity index (χ0v) is 8.72. The minimum atomic E-state index is -0.516. The van der Waals surface area contributed by atoms with Crippen LogP contribution in [0.4, 0.5) is 0 Å². The number of rotatable bonds is 1. The highest BCUT2D eigenvalue weighted by Gasteiger charge is 2.28. The van der Waals surface area contributed by atoms with Crippen molar-refractivity contribution in [2.45, 2.75) is 12.0 Å². The number of aromatic nitrogens is 2. The number of fused-ring (bicyclic) bond motifs is 1. The second-order valence-corrected chi connectivity index (χ2v) is 4.01. The predicted molar refractivity (Wildman–Crippen MR) is 64.2 cm³/mol. The van der Waals surface area contributed by atoms with E-state index in [1.807, 2.05) is 36.6 Å². The van der Waals surface area contributed by atoms with Gasteiger partial charge in [-0.3, -0.25) is 10.1 Å². The zero-order chi connectivity index (χ0) is 11.0. The molecule has 1 atom stereocenters. The molecular formula is C12H12N4. The van der Waals surface area contributed by atoms with Gasteiger partial charge < -0.3 is 5.73 Å². The van der Waals surface area contributed by atoms with Crippen LogP contribution in [-0.2, 0) is 5.54 Å². The Morgan fingerprint density at radius 3 is 3.00 bits per heavy atom. The molecule has 80 valence electrons. The first-order chi connectivity index (χ1) is 7.80. The van der Waals surface area contributed by atoms with E-state index in [4.69, 9.17) is 5.73 Å². The van der Waals surface area contributed by atoms with Crippen molar-refractivity contribution in [3.05, 3.63) is 42.2 Å². The molecule has 3 N–H and O–H groups in total. The fourth-order valence-corrected chi connectivity index (χ4v) is 2.01. The molecule has 0 amide bonds. The predicted octanol–water partition coefficient (Wildman–Crippen LogP) is 1.71. The number of benzene rings is 1. The second kappa shape index (κ2) is 3.28. The molecule has 1 aromatic heterocycles. The summed E-state index contributed by atoms with van der Waals surface area (Å²) < 4.78 is 0. The molecule has 1 aliphatic rings. The summed E-state index contributed by atoms with van der Waals surface area (Å²) in [5.41, 5.74) is 7.72. The summed E-state index contributed by atoms with van der Waals surface area (Å²) in [6.45, 7) is 0. The van der Waals surface area contributed by atoms with Crippen molar-refractivity contribution in [3.63, 3.8) is 0 Å². The van der Waals surface area contributed by atoms with Crippen LogP contribution in [0.5, 0.6) is 0 Å². The highest BCUT2D eigenvalue weighted by Crippen LogP contribution is 2.29. The van der Waals surface area contributed by atoms with E-state index in [0.717, 1.165) is 16.6 Å². The van der Waals surface area contributed by atoms with Crippen LogP contribution < -0.4 is 5.73 Å². The first-order valence-electron chi connectivity index (χ1n) is 5.21. The lowest BCUT2D eigenvalue weighted by Gasteiger charge is -2.24. The largest absolute Gasteiger partial charge is 0.317 e. The van der Waals surface area contributed by atoms with Gasteiger partial charge in [0.2, 0.25) is 0 Å². The summed E-state index contributed by atoms with van der Waals surface area (Å²) in [7, 11) is 0. The number of para-hydroxylation sites is 1. The Hall–Kier alpha value is -1.94. The van der Waals surface area contributed by atoms with Crippen LogP contribution in [-0.4, -0.2) is 16.4 Å². The van der Waals surface area contributed by atoms with E-state index in [1.165, 1.54) is 0 Å². The third-order valence-electron chi connectivity index (χ3n) is 2.92. The molecule has 0 spiro atoms. The molecule has 0 bridgehead atoms. The van der Waals surface area contributed by atoms with Gasteiger partial charge in [-0.25, -0.2) is 0 Å². The first-order valence-corrected chi connectivity index (χ1v) is 5.21. The summed E-state index contributed by atoms with van der Waals surface area (Å²) in [6, 6.07) is 7.96. The first kappa shape index (κ1) is 9.30. The molecule has 4 heteroatoms. The van der Waals surface area contributed by atoms with Gasteiger partial charge in [-0.2, -0.15) is 5.10 Å². The maximum Gasteiger partial charge on any atom is 0.0924 e. The Kier molecular flexibility index (Phi) is 1.91. The van der Waals surface area contributed by atoms with E-state index in [-0.39, 0.29) is 0 Å². The summed E-state index contributed by atoms with van der Waals surface area (Å²) in [5, 5.41) is 8.37. The quantitative estimate of drug-likeness (QED) is 0.755. The van der Waals surface area contributed by atoms with E-state index < -0.39 is 5.54 Å². The maximum absolute atomic E-state index is 6.34. The van der Waals surface area contributed by atoms with E-state index in [1.54, 1.807) is 6.20 Å². The Balaban J connectivity index is 2.19. The van der Waals surface area contributed by atoms with Gasteiger partial charge in [0.05, 0.1) is 16.7 Å². The number of aromatic amines is 1. The summed E-state index contributed by atoms with van der Waals surface area (Å²) in [5.74, 6) is 0. The Morgan fingerprint density at radius 2 is 2.19 bits per heavy atom. The van der Waals surface area contributed by atoms with Crippen molar-refractivity contribution < 1.29 is 0 Å². The van der Waals surface area contributed by atoms with Gasteiger partial charge >= 0.3 is 0 Å². The zero-order valence-electron chi connectivity index (χ0n) is 8.72. The molecule has 3 rings (SSSR count). The molecule has 1 aliphatic heterocycles. The number of nitrogens with two attached hydrogens (primary N) is 1. The van der Waals surface area contributed by atoms with Gasteiger partial charge in [-0.05, 0) is 12.1 Å². The Morgan fingerprint density at radius 1 is 1.31 bits per heavy atom. The number of nitrogens with one attached hydrogen (secondary N) is 1. The molecule has 0 radical (unpaired) electrons. The molecule has 0 saturated carbocycles. The highest BCUT2D eigenvalue weighted by atomic mass is 15.1. The molecule has 16 heavy (non-hydrogen) atoms. The molecule has 0 fully saturated rings. The van der Waals surface area contributed by atoms with Crippen molar-refractivity contribution in [1.29, 1.82) is 0 Å². The summed E-state index contributed by atoms with van der Waals surface area (Å²) in [6.07, 6.45) is 6.16. The molecule has 4 nitrogen and oxygen atoms in total. The number of H-pyrrole nitrogens is 1. The average molecular weight is 212 g/mol. The van der Waals surface area contributed by atoms with E-state index in [2.05, 4.69) is 15.2 Å². The van der Waals surface area contributed by atoms with Gasteiger partial charge in [-0.1, -0.05) is 18.2 Å². The minimum absolute atomic E-state index is 0.516. The molecule has 2 heterocycles. The van der Waals surface area contributed by atoms with Crippen molar-refractivity contribution >= 4 is 17.1 Å². The summed E-state index contributed by atoms with van der Waals surface area (Å²) >= 11 is 0. The van der Waals surface area contributed by atoms with Crippen LogP contribution in [0, 0.1) is 0 Å². The van der Waals surface area contributed by atoms with Crippen LogP contribution in [0.2, 0.25) is 0 Å². The molecule has 2 aromatic rings. The van der Waals surface area contributed by atoms with Crippen LogP contribution in [0.25, 0.3) is 10.9 Å². The smallest absolute Gasteiger partial charge is 0.0924 e. The highest BCUT2D eigenvalue weighted by molar-refractivity contribution is 5.83. The van der Waals surface area contributed by atoms with Crippen molar-refractivity contribution in [3.8, 4) is 0 Å². The number of hydrogen-bond donors (Lipinski definition) is 2. The van der Waals surface area contributed by atoms with Crippen LogP contribution in [0.15, 0.2) is 41.5 Å². The van der Waals surface area contributed by atoms with Crippen LogP contribution >= 0.6 is 0 Å². The van der Waals surface area contributed by atoms with Gasteiger partial charge in [-0.15, -0.1) is 0 Å². The number of hydrogen-bond acceptors (Lipinski definition) is 3. The van der Waals surface area contributed by atoms with Gasteiger partial charge in [0.1, 0.15) is 0 Å². The number of nitrogens with zero attached hydrogens (tertiary/aromatic N) is 2. The lowest BCUT2D eigenvalue weighted by molar-refractivity contribution is 0.567. The molecule has 1 unspecified atom stereocenters. The summed E-state index contributed by atoms with van der Waals surface area (Å²) in [4.78, 5) is 4.04. The second-order valence-electron chi connectivity index (χ2n) is 4.01. The van der Waals surface area contributed by atoms with Crippen LogP contribution in [0.3, 0.4) is 0 Å². The SMILES string of the molecule is NC1(c2[nH]nc3ccccc23)C=CN=CC1. The molecule has 0 saturated heterocycles. The van der Waals surface area contributed by atoms with Gasteiger partial charge in [0.25, 0.3) is 0 Å². The van der Waals surface area contributed by atoms with E-state index in [9.17, 15) is 0 Å². The standard InChI is InChI=1S/C12H12N4/c13-12(5-7-14-8-6-12)11-9-3-1-2-4-10(9)15-16-11/h1-5,7-8H,6,13H2,(H,15,16). The lowest BCUT2D eigenvalue weighted by Crippen LogP contribution is -2.36.